The van der Waals surface area contributed by atoms with Gasteiger partial charge in [-0.2, -0.15) is 0 Å². The molecule has 2 aromatic rings. The molecule has 30 heavy (non-hydrogen) atoms. The van der Waals surface area contributed by atoms with E-state index in [1.54, 1.807) is 7.11 Å². The van der Waals surface area contributed by atoms with E-state index < -0.39 is 0 Å². The molecule has 6 heteroatoms. The largest absolute Gasteiger partial charge is 0.497 e. The zero-order valence-corrected chi connectivity index (χ0v) is 19.1. The number of rotatable bonds is 8. The van der Waals surface area contributed by atoms with Gasteiger partial charge < -0.3 is 19.7 Å². The van der Waals surface area contributed by atoms with Crippen LogP contribution in [0.2, 0.25) is 0 Å². The van der Waals surface area contributed by atoms with Crippen molar-refractivity contribution in [1.82, 2.24) is 9.80 Å². The number of aryl methyl sites for hydroxylation is 2. The Morgan fingerprint density at radius 2 is 1.77 bits per heavy atom. The van der Waals surface area contributed by atoms with Crippen molar-refractivity contribution in [2.45, 2.75) is 26.8 Å². The second-order valence-corrected chi connectivity index (χ2v) is 8.27. The number of anilines is 1. The first-order valence-corrected chi connectivity index (χ1v) is 11.0. The van der Waals surface area contributed by atoms with Crippen LogP contribution in [0.4, 0.5) is 5.69 Å². The summed E-state index contributed by atoms with van der Waals surface area (Å²) in [7, 11) is 1.69. The van der Waals surface area contributed by atoms with E-state index in [0.717, 1.165) is 68.9 Å². The molecule has 0 bridgehead atoms. The number of nitrogens with zero attached hydrogens (tertiary/aromatic N) is 2. The first-order chi connectivity index (χ1) is 14.5. The number of morpholine rings is 1. The molecule has 0 saturated carbocycles. The van der Waals surface area contributed by atoms with Crippen molar-refractivity contribution in [3.63, 3.8) is 0 Å². The maximum Gasteiger partial charge on any atom is 0.173 e. The molecule has 0 unspecified atom stereocenters. The predicted octanol–water partition coefficient (Wildman–Crippen LogP) is 4.23. The van der Waals surface area contributed by atoms with Crippen LogP contribution < -0.4 is 10.1 Å². The van der Waals surface area contributed by atoms with E-state index in [4.69, 9.17) is 21.7 Å². The van der Waals surface area contributed by atoms with Crippen LogP contribution in [0.5, 0.6) is 5.75 Å². The van der Waals surface area contributed by atoms with Gasteiger partial charge in [0.25, 0.3) is 0 Å². The molecule has 1 saturated heterocycles. The van der Waals surface area contributed by atoms with Gasteiger partial charge in [0.2, 0.25) is 0 Å². The second-order valence-electron chi connectivity index (χ2n) is 7.88. The van der Waals surface area contributed by atoms with E-state index in [9.17, 15) is 0 Å². The number of hydrogen-bond donors (Lipinski definition) is 1. The molecule has 2 aromatic carbocycles. The smallest absolute Gasteiger partial charge is 0.173 e. The summed E-state index contributed by atoms with van der Waals surface area (Å²) in [6, 6.07) is 14.7. The van der Waals surface area contributed by atoms with Gasteiger partial charge in [-0.3, -0.25) is 4.90 Å². The molecule has 0 radical (unpaired) electrons. The van der Waals surface area contributed by atoms with Crippen LogP contribution >= 0.6 is 12.2 Å². The minimum atomic E-state index is 0.762. The van der Waals surface area contributed by atoms with Crippen LogP contribution in [0.1, 0.15) is 23.1 Å². The Bertz CT molecular complexity index is 799. The SMILES string of the molecule is COc1ccc(CN(CCCN2CCOCC2)C(=S)Nc2cc(C)cc(C)c2)cc1. The number of thiocarbonyl (C=S) groups is 1. The summed E-state index contributed by atoms with van der Waals surface area (Å²) in [6.07, 6.45) is 1.06. The number of methoxy groups -OCH3 is 1. The molecule has 0 aromatic heterocycles. The Balaban J connectivity index is 1.65. The molecule has 1 N–H and O–H groups in total. The van der Waals surface area contributed by atoms with Gasteiger partial charge in [0.15, 0.2) is 5.11 Å². The van der Waals surface area contributed by atoms with Crippen LogP contribution in [-0.4, -0.2) is 61.4 Å². The normalized spacial score (nSPS) is 14.4. The monoisotopic (exact) mass is 427 g/mol. The van der Waals surface area contributed by atoms with Crippen molar-refractivity contribution < 1.29 is 9.47 Å². The summed E-state index contributed by atoms with van der Waals surface area (Å²) in [6.45, 7) is 10.7. The lowest BCUT2D eigenvalue weighted by molar-refractivity contribution is 0.0368. The molecule has 0 amide bonds. The summed E-state index contributed by atoms with van der Waals surface area (Å²) in [5.41, 5.74) is 4.72. The quantitative estimate of drug-likeness (QED) is 0.636. The number of nitrogens with one attached hydrogen (secondary N) is 1. The Kier molecular flexibility index (Phi) is 8.49. The molecule has 162 valence electrons. The minimum absolute atomic E-state index is 0.762. The predicted molar refractivity (Wildman–Crippen MR) is 127 cm³/mol. The number of benzene rings is 2. The molecule has 1 aliphatic heterocycles. The first-order valence-electron chi connectivity index (χ1n) is 10.6. The average molecular weight is 428 g/mol. The fourth-order valence-corrected chi connectivity index (χ4v) is 4.04. The lowest BCUT2D eigenvalue weighted by Crippen LogP contribution is -2.40. The fourth-order valence-electron chi connectivity index (χ4n) is 3.76. The second kappa shape index (κ2) is 11.3. The van der Waals surface area contributed by atoms with Crippen LogP contribution in [0.15, 0.2) is 42.5 Å². The highest BCUT2D eigenvalue weighted by atomic mass is 32.1. The maximum atomic E-state index is 5.82. The first kappa shape index (κ1) is 22.5. The van der Waals surface area contributed by atoms with Crippen molar-refractivity contribution in [2.75, 3.05) is 51.8 Å². The van der Waals surface area contributed by atoms with Crippen LogP contribution in [0.3, 0.4) is 0 Å². The molecule has 1 fully saturated rings. The van der Waals surface area contributed by atoms with E-state index >= 15 is 0 Å². The molecule has 0 spiro atoms. The van der Waals surface area contributed by atoms with Gasteiger partial charge in [-0.25, -0.2) is 0 Å². The van der Waals surface area contributed by atoms with E-state index in [0.29, 0.717) is 0 Å². The molecule has 0 aliphatic carbocycles. The maximum absolute atomic E-state index is 5.82. The van der Waals surface area contributed by atoms with E-state index in [1.807, 2.05) is 12.1 Å². The summed E-state index contributed by atoms with van der Waals surface area (Å²) in [5.74, 6) is 0.869. The van der Waals surface area contributed by atoms with Gasteiger partial charge in [-0.1, -0.05) is 18.2 Å². The Labute approximate surface area is 186 Å². The Morgan fingerprint density at radius 1 is 1.10 bits per heavy atom. The molecular formula is C24H33N3O2S. The molecule has 0 atom stereocenters. The van der Waals surface area contributed by atoms with Crippen molar-refractivity contribution in [2.24, 2.45) is 0 Å². The highest BCUT2D eigenvalue weighted by molar-refractivity contribution is 7.80. The van der Waals surface area contributed by atoms with Gasteiger partial charge in [0, 0.05) is 38.4 Å². The summed E-state index contributed by atoms with van der Waals surface area (Å²) in [5, 5.41) is 4.22. The molecule has 5 nitrogen and oxygen atoms in total. The summed E-state index contributed by atoms with van der Waals surface area (Å²) < 4.78 is 10.7. The van der Waals surface area contributed by atoms with E-state index in [-0.39, 0.29) is 0 Å². The highest BCUT2D eigenvalue weighted by Gasteiger charge is 2.14. The van der Waals surface area contributed by atoms with Crippen LogP contribution in [0.25, 0.3) is 0 Å². The van der Waals surface area contributed by atoms with Gasteiger partial charge in [0.1, 0.15) is 5.75 Å². The third-order valence-electron chi connectivity index (χ3n) is 5.30. The van der Waals surface area contributed by atoms with Gasteiger partial charge in [-0.05, 0) is 73.4 Å². The van der Waals surface area contributed by atoms with Crippen molar-refractivity contribution in [1.29, 1.82) is 0 Å². The zero-order chi connectivity index (χ0) is 21.3. The van der Waals surface area contributed by atoms with Gasteiger partial charge in [0.05, 0.1) is 20.3 Å². The average Bonchev–Trinajstić information content (AvgIpc) is 2.73. The van der Waals surface area contributed by atoms with Crippen molar-refractivity contribution in [3.8, 4) is 5.75 Å². The topological polar surface area (TPSA) is 37.0 Å². The van der Waals surface area contributed by atoms with Gasteiger partial charge in [-0.15, -0.1) is 0 Å². The third-order valence-corrected chi connectivity index (χ3v) is 5.66. The summed E-state index contributed by atoms with van der Waals surface area (Å²) in [4.78, 5) is 4.73. The lowest BCUT2D eigenvalue weighted by Gasteiger charge is -2.30. The fraction of sp³-hybridized carbons (Fsp3) is 0.458. The van der Waals surface area contributed by atoms with Crippen molar-refractivity contribution >= 4 is 23.0 Å². The van der Waals surface area contributed by atoms with Gasteiger partial charge >= 0.3 is 0 Å². The standard InChI is InChI=1S/C24H33N3O2S/c1-19-15-20(2)17-22(16-19)25-24(30)27(10-4-9-26-11-13-29-14-12-26)18-21-5-7-23(28-3)8-6-21/h5-8,15-17H,4,9-14,18H2,1-3H3,(H,25,30). The van der Waals surface area contributed by atoms with Crippen LogP contribution in [0, 0.1) is 13.8 Å². The highest BCUT2D eigenvalue weighted by Crippen LogP contribution is 2.17. The Morgan fingerprint density at radius 3 is 2.40 bits per heavy atom. The molecule has 3 rings (SSSR count). The number of ether oxygens (including phenoxy) is 2. The minimum Gasteiger partial charge on any atom is -0.497 e. The molecule has 1 heterocycles. The third kappa shape index (κ3) is 6.97. The molecular weight excluding hydrogens is 394 g/mol. The van der Waals surface area contributed by atoms with Crippen molar-refractivity contribution in [3.05, 3.63) is 59.2 Å². The molecule has 1 aliphatic rings. The lowest BCUT2D eigenvalue weighted by atomic mass is 10.1. The van der Waals surface area contributed by atoms with Crippen LogP contribution in [-0.2, 0) is 11.3 Å². The number of hydrogen-bond acceptors (Lipinski definition) is 4. The Hall–Kier alpha value is -2.15. The zero-order valence-electron chi connectivity index (χ0n) is 18.3. The summed E-state index contributed by atoms with van der Waals surface area (Å²) >= 11 is 5.82. The van der Waals surface area contributed by atoms with E-state index in [2.05, 4.69) is 59.3 Å². The van der Waals surface area contributed by atoms with E-state index in [1.165, 1.54) is 16.7 Å².